The van der Waals surface area contributed by atoms with Crippen LogP contribution in [0.5, 0.6) is 0 Å². The monoisotopic (exact) mass is 284 g/mol. The molecule has 1 aromatic rings. The first-order chi connectivity index (χ1) is 8.95. The van der Waals surface area contributed by atoms with E-state index in [-0.39, 0.29) is 18.6 Å². The number of hydrogen-bond donors (Lipinski definition) is 1. The summed E-state index contributed by atoms with van der Waals surface area (Å²) in [5.41, 5.74) is 0. The molecule has 106 valence electrons. The van der Waals surface area contributed by atoms with Gasteiger partial charge in [0.1, 0.15) is 6.54 Å². The third-order valence-electron chi connectivity index (χ3n) is 2.75. The minimum Gasteiger partial charge on any atom is -0.480 e. The Kier molecular flexibility index (Phi) is 5.82. The summed E-state index contributed by atoms with van der Waals surface area (Å²) in [5, 5.41) is 10.8. The number of carbonyl (C=O) groups excluding carboxylic acids is 1. The van der Waals surface area contributed by atoms with Gasteiger partial charge in [0.25, 0.3) is 0 Å². The first-order valence-electron chi connectivity index (χ1n) is 6.25. The van der Waals surface area contributed by atoms with Crippen LogP contribution in [0.1, 0.15) is 25.6 Å². The van der Waals surface area contributed by atoms with Gasteiger partial charge >= 0.3 is 12.0 Å². The van der Waals surface area contributed by atoms with Crippen molar-refractivity contribution in [3.8, 4) is 0 Å². The second-order valence-electron chi connectivity index (χ2n) is 4.49. The molecule has 0 fully saturated rings. The van der Waals surface area contributed by atoms with Crippen LogP contribution in [-0.4, -0.2) is 46.0 Å². The van der Waals surface area contributed by atoms with Gasteiger partial charge in [0.2, 0.25) is 0 Å². The standard InChI is InChI=1S/C13H20N2O3S/c1-4-14(8-11-6-5-7-19-11)13(18)15(10(2)3)9-12(16)17/h5-7,10H,4,8-9H2,1-3H3,(H,16,17). The van der Waals surface area contributed by atoms with Crippen LogP contribution in [-0.2, 0) is 11.3 Å². The molecule has 0 bridgehead atoms. The lowest BCUT2D eigenvalue weighted by atomic mass is 10.3. The van der Waals surface area contributed by atoms with Crippen LogP contribution in [0.15, 0.2) is 17.5 Å². The van der Waals surface area contributed by atoms with Gasteiger partial charge in [-0.2, -0.15) is 0 Å². The van der Waals surface area contributed by atoms with E-state index in [1.54, 1.807) is 16.2 Å². The molecule has 0 saturated heterocycles. The van der Waals surface area contributed by atoms with Gasteiger partial charge in [0.15, 0.2) is 0 Å². The highest BCUT2D eigenvalue weighted by molar-refractivity contribution is 7.09. The minimum absolute atomic E-state index is 0.138. The number of rotatable bonds is 6. The van der Waals surface area contributed by atoms with Crippen molar-refractivity contribution in [2.24, 2.45) is 0 Å². The van der Waals surface area contributed by atoms with E-state index in [0.29, 0.717) is 13.1 Å². The SMILES string of the molecule is CCN(Cc1cccs1)C(=O)N(CC(=O)O)C(C)C. The zero-order valence-corrected chi connectivity index (χ0v) is 12.3. The van der Waals surface area contributed by atoms with Crippen molar-refractivity contribution in [3.05, 3.63) is 22.4 Å². The van der Waals surface area contributed by atoms with E-state index in [1.807, 2.05) is 38.3 Å². The zero-order valence-electron chi connectivity index (χ0n) is 11.5. The number of carboxylic acids is 1. The lowest BCUT2D eigenvalue weighted by Gasteiger charge is -2.31. The van der Waals surface area contributed by atoms with Crippen LogP contribution in [0.25, 0.3) is 0 Å². The topological polar surface area (TPSA) is 60.9 Å². The number of carbonyl (C=O) groups is 2. The Morgan fingerprint density at radius 3 is 2.53 bits per heavy atom. The molecule has 6 heteroatoms. The maximum atomic E-state index is 12.4. The summed E-state index contributed by atoms with van der Waals surface area (Å²) in [7, 11) is 0. The first kappa shape index (κ1) is 15.5. The van der Waals surface area contributed by atoms with E-state index in [1.165, 1.54) is 4.90 Å². The maximum absolute atomic E-state index is 12.4. The van der Waals surface area contributed by atoms with E-state index >= 15 is 0 Å². The number of urea groups is 1. The summed E-state index contributed by atoms with van der Waals surface area (Å²) in [6, 6.07) is 3.54. The Balaban J connectivity index is 2.77. The third-order valence-corrected chi connectivity index (χ3v) is 3.61. The first-order valence-corrected chi connectivity index (χ1v) is 7.13. The largest absolute Gasteiger partial charge is 0.480 e. The molecule has 0 aromatic carbocycles. The molecular weight excluding hydrogens is 264 g/mol. The number of nitrogens with zero attached hydrogens (tertiary/aromatic N) is 2. The summed E-state index contributed by atoms with van der Waals surface area (Å²) in [6.45, 7) is 6.34. The minimum atomic E-state index is -0.991. The highest BCUT2D eigenvalue weighted by atomic mass is 32.1. The number of amides is 2. The van der Waals surface area contributed by atoms with Crippen LogP contribution < -0.4 is 0 Å². The molecule has 0 atom stereocenters. The zero-order chi connectivity index (χ0) is 14.4. The predicted octanol–water partition coefficient (Wildman–Crippen LogP) is 2.49. The van der Waals surface area contributed by atoms with E-state index < -0.39 is 5.97 Å². The summed E-state index contributed by atoms with van der Waals surface area (Å²) in [4.78, 5) is 27.3. The molecule has 5 nitrogen and oxygen atoms in total. The Hall–Kier alpha value is -1.56. The van der Waals surface area contributed by atoms with Crippen LogP contribution >= 0.6 is 11.3 Å². The van der Waals surface area contributed by atoms with Gasteiger partial charge in [-0.15, -0.1) is 11.3 Å². The Bertz CT molecular complexity index is 418. The average molecular weight is 284 g/mol. The van der Waals surface area contributed by atoms with Crippen LogP contribution in [0, 0.1) is 0 Å². The molecular formula is C13H20N2O3S. The van der Waals surface area contributed by atoms with Crippen molar-refractivity contribution in [2.75, 3.05) is 13.1 Å². The molecule has 19 heavy (non-hydrogen) atoms. The average Bonchev–Trinajstić information content (AvgIpc) is 2.84. The summed E-state index contributed by atoms with van der Waals surface area (Å²) < 4.78 is 0. The quantitative estimate of drug-likeness (QED) is 0.873. The molecule has 1 N–H and O–H groups in total. The summed E-state index contributed by atoms with van der Waals surface area (Å²) in [5.74, 6) is -0.991. The molecule has 1 heterocycles. The van der Waals surface area contributed by atoms with Gasteiger partial charge in [-0.05, 0) is 32.2 Å². The molecule has 0 aliphatic carbocycles. The Morgan fingerprint density at radius 2 is 2.11 bits per heavy atom. The van der Waals surface area contributed by atoms with Gasteiger partial charge < -0.3 is 14.9 Å². The number of hydrogen-bond acceptors (Lipinski definition) is 3. The lowest BCUT2D eigenvalue weighted by molar-refractivity contribution is -0.138. The number of carboxylic acid groups (broad SMARTS) is 1. The van der Waals surface area contributed by atoms with Crippen molar-refractivity contribution < 1.29 is 14.7 Å². The normalized spacial score (nSPS) is 10.5. The second kappa shape index (κ2) is 7.13. The van der Waals surface area contributed by atoms with E-state index in [0.717, 1.165) is 4.88 Å². The Morgan fingerprint density at radius 1 is 1.42 bits per heavy atom. The van der Waals surface area contributed by atoms with Crippen molar-refractivity contribution in [1.29, 1.82) is 0 Å². The Labute approximate surface area is 117 Å². The summed E-state index contributed by atoms with van der Waals surface area (Å²) in [6.07, 6.45) is 0. The van der Waals surface area contributed by atoms with Gasteiger partial charge in [-0.25, -0.2) is 4.79 Å². The molecule has 0 unspecified atom stereocenters. The molecule has 1 rings (SSSR count). The molecule has 0 spiro atoms. The van der Waals surface area contributed by atoms with Crippen LogP contribution in [0.2, 0.25) is 0 Å². The number of aliphatic carboxylic acids is 1. The highest BCUT2D eigenvalue weighted by Gasteiger charge is 2.24. The van der Waals surface area contributed by atoms with E-state index in [2.05, 4.69) is 0 Å². The predicted molar refractivity (Wildman–Crippen MR) is 75.3 cm³/mol. The van der Waals surface area contributed by atoms with Crippen molar-refractivity contribution >= 4 is 23.3 Å². The van der Waals surface area contributed by atoms with Gasteiger partial charge in [0.05, 0.1) is 6.54 Å². The fourth-order valence-electron chi connectivity index (χ4n) is 1.70. The van der Waals surface area contributed by atoms with Crippen molar-refractivity contribution in [2.45, 2.75) is 33.4 Å². The molecule has 0 radical (unpaired) electrons. The van der Waals surface area contributed by atoms with E-state index in [9.17, 15) is 9.59 Å². The third kappa shape index (κ3) is 4.55. The molecule has 2 amide bonds. The van der Waals surface area contributed by atoms with Crippen LogP contribution in [0.3, 0.4) is 0 Å². The molecule has 0 aliphatic heterocycles. The molecule has 1 aromatic heterocycles. The fourth-order valence-corrected chi connectivity index (χ4v) is 2.42. The van der Waals surface area contributed by atoms with Gasteiger partial charge in [-0.1, -0.05) is 6.07 Å². The van der Waals surface area contributed by atoms with E-state index in [4.69, 9.17) is 5.11 Å². The smallest absolute Gasteiger partial charge is 0.323 e. The number of thiophene rings is 1. The lowest BCUT2D eigenvalue weighted by Crippen LogP contribution is -2.48. The van der Waals surface area contributed by atoms with Crippen molar-refractivity contribution in [3.63, 3.8) is 0 Å². The fraction of sp³-hybridized carbons (Fsp3) is 0.538. The second-order valence-corrected chi connectivity index (χ2v) is 5.52. The maximum Gasteiger partial charge on any atom is 0.323 e. The van der Waals surface area contributed by atoms with Crippen LogP contribution in [0.4, 0.5) is 4.79 Å². The van der Waals surface area contributed by atoms with Gasteiger partial charge in [0, 0.05) is 17.5 Å². The summed E-state index contributed by atoms with van der Waals surface area (Å²) >= 11 is 1.59. The highest BCUT2D eigenvalue weighted by Crippen LogP contribution is 2.14. The molecule has 0 aliphatic rings. The van der Waals surface area contributed by atoms with Gasteiger partial charge in [-0.3, -0.25) is 4.79 Å². The van der Waals surface area contributed by atoms with Crippen molar-refractivity contribution in [1.82, 2.24) is 9.80 Å². The molecule has 0 saturated carbocycles.